The Hall–Kier alpha value is -1.11. The first-order chi connectivity index (χ1) is 9.69. The van der Waals surface area contributed by atoms with Crippen LogP contribution in [0.3, 0.4) is 0 Å². The molecule has 1 rings (SSSR count). The number of hydroxylamine groups is 1. The Morgan fingerprint density at radius 2 is 2.19 bits per heavy atom. The van der Waals surface area contributed by atoms with Crippen LogP contribution in [-0.4, -0.2) is 37.5 Å². The lowest BCUT2D eigenvalue weighted by Crippen LogP contribution is -2.54. The molecule has 0 aromatic carbocycles. The molecular formula is C13H21N2O5P. The maximum Gasteiger partial charge on any atom is 0.325 e. The largest absolute Gasteiger partial charge is 0.325 e. The number of hydrogen-bond acceptors (Lipinski definition) is 5. The van der Waals surface area contributed by atoms with Gasteiger partial charge in [0.15, 0.2) is 5.78 Å². The summed E-state index contributed by atoms with van der Waals surface area (Å²) in [6, 6.07) is 3.61. The zero-order valence-corrected chi connectivity index (χ0v) is 13.0. The van der Waals surface area contributed by atoms with Crippen molar-refractivity contribution in [2.45, 2.75) is 32.2 Å². The first kappa shape index (κ1) is 17.9. The number of carbonyl (C=O) groups excluding carboxylic acids is 1. The molecule has 0 saturated heterocycles. The van der Waals surface area contributed by atoms with Gasteiger partial charge in [-0.05, 0) is 44.2 Å². The van der Waals surface area contributed by atoms with Crippen molar-refractivity contribution in [3.8, 4) is 0 Å². The van der Waals surface area contributed by atoms with E-state index in [0.717, 1.165) is 5.56 Å². The molecule has 8 heteroatoms. The second-order valence-corrected chi connectivity index (χ2v) is 7.01. The predicted octanol–water partition coefficient (Wildman–Crippen LogP) is 1.13. The molecule has 0 amide bonds. The maximum atomic E-state index is 11.7. The van der Waals surface area contributed by atoms with E-state index in [4.69, 9.17) is 0 Å². The number of pyridine rings is 1. The first-order valence-corrected chi connectivity index (χ1v) is 8.34. The van der Waals surface area contributed by atoms with Gasteiger partial charge >= 0.3 is 7.60 Å². The van der Waals surface area contributed by atoms with Crippen LogP contribution in [0.5, 0.6) is 0 Å². The van der Waals surface area contributed by atoms with Gasteiger partial charge in [-0.2, -0.15) is 5.48 Å². The van der Waals surface area contributed by atoms with E-state index in [0.29, 0.717) is 12.8 Å². The molecule has 2 atom stereocenters. The van der Waals surface area contributed by atoms with E-state index >= 15 is 0 Å². The van der Waals surface area contributed by atoms with E-state index < -0.39 is 25.2 Å². The Kier molecular flexibility index (Phi) is 6.19. The van der Waals surface area contributed by atoms with Crippen molar-refractivity contribution in [3.05, 3.63) is 30.1 Å². The fraction of sp³-hybridized carbons (Fsp3) is 0.538. The van der Waals surface area contributed by atoms with Crippen molar-refractivity contribution < 1.29 is 24.4 Å². The van der Waals surface area contributed by atoms with Crippen molar-refractivity contribution in [1.82, 2.24) is 10.5 Å². The van der Waals surface area contributed by atoms with Gasteiger partial charge in [-0.3, -0.25) is 14.3 Å². The number of nitrogens with zero attached hydrogens (tertiary/aromatic N) is 1. The highest BCUT2D eigenvalue weighted by Gasteiger charge is 2.41. The molecule has 1 aromatic heterocycles. The van der Waals surface area contributed by atoms with Crippen molar-refractivity contribution in [1.29, 1.82) is 0 Å². The standard InChI is InChI=1S/C13H21N2O5P/c1-10(16)13(2,15-17)12(9-21(18,19)20)6-5-11-4-3-7-14-8-11/h3-4,7-8,12,15,17H,5-6,9H2,1-2H3,(H2,18,19,20). The lowest BCUT2D eigenvalue weighted by Gasteiger charge is -2.34. The maximum absolute atomic E-state index is 11.7. The van der Waals surface area contributed by atoms with E-state index in [9.17, 15) is 24.4 Å². The van der Waals surface area contributed by atoms with Crippen molar-refractivity contribution >= 4 is 13.4 Å². The van der Waals surface area contributed by atoms with Crippen LogP contribution >= 0.6 is 7.60 Å². The van der Waals surface area contributed by atoms with Crippen molar-refractivity contribution in [2.24, 2.45) is 5.92 Å². The number of nitrogens with one attached hydrogen (secondary N) is 1. The van der Waals surface area contributed by atoms with Crippen LogP contribution in [0.15, 0.2) is 24.5 Å². The SMILES string of the molecule is CC(=O)C(C)(NO)C(CCc1cccnc1)CP(=O)(O)O. The van der Waals surface area contributed by atoms with Gasteiger partial charge in [0, 0.05) is 12.4 Å². The third kappa shape index (κ3) is 5.30. The molecule has 4 N–H and O–H groups in total. The summed E-state index contributed by atoms with van der Waals surface area (Å²) < 4.78 is 11.3. The molecule has 1 heterocycles. The minimum absolute atomic E-state index is 0.334. The predicted molar refractivity (Wildman–Crippen MR) is 77.0 cm³/mol. The van der Waals surface area contributed by atoms with Gasteiger partial charge in [0.25, 0.3) is 0 Å². The zero-order valence-electron chi connectivity index (χ0n) is 12.1. The van der Waals surface area contributed by atoms with Crippen LogP contribution < -0.4 is 5.48 Å². The van der Waals surface area contributed by atoms with Gasteiger partial charge < -0.3 is 15.0 Å². The molecule has 0 aliphatic rings. The van der Waals surface area contributed by atoms with Gasteiger partial charge in [-0.15, -0.1) is 0 Å². The zero-order chi connectivity index (χ0) is 16.1. The van der Waals surface area contributed by atoms with Crippen LogP contribution in [0.2, 0.25) is 0 Å². The minimum atomic E-state index is -4.31. The second kappa shape index (κ2) is 7.24. The number of ketones is 1. The Morgan fingerprint density at radius 1 is 1.52 bits per heavy atom. The van der Waals surface area contributed by atoms with E-state index in [1.165, 1.54) is 13.8 Å². The van der Waals surface area contributed by atoms with Crippen LogP contribution in [0.25, 0.3) is 0 Å². The normalized spacial score (nSPS) is 16.2. The van der Waals surface area contributed by atoms with Gasteiger partial charge in [-0.25, -0.2) is 0 Å². The van der Waals surface area contributed by atoms with Crippen LogP contribution in [0, 0.1) is 5.92 Å². The van der Waals surface area contributed by atoms with Crippen LogP contribution in [0.1, 0.15) is 25.8 Å². The Balaban J connectivity index is 2.92. The van der Waals surface area contributed by atoms with Gasteiger partial charge in [0.2, 0.25) is 0 Å². The first-order valence-electron chi connectivity index (χ1n) is 6.55. The molecule has 0 bridgehead atoms. The second-order valence-electron chi connectivity index (χ2n) is 5.31. The Labute approximate surface area is 123 Å². The molecule has 1 aromatic rings. The highest BCUT2D eigenvalue weighted by molar-refractivity contribution is 7.51. The van der Waals surface area contributed by atoms with Crippen molar-refractivity contribution in [2.75, 3.05) is 6.16 Å². The summed E-state index contributed by atoms with van der Waals surface area (Å²) in [5.74, 6) is -1.09. The highest BCUT2D eigenvalue weighted by atomic mass is 31.2. The Bertz CT molecular complexity index is 519. The molecule has 0 saturated carbocycles. The third-order valence-corrected chi connectivity index (χ3v) is 4.66. The Morgan fingerprint density at radius 3 is 2.62 bits per heavy atom. The molecule has 118 valence electrons. The summed E-state index contributed by atoms with van der Waals surface area (Å²) in [7, 11) is -4.31. The molecule has 2 unspecified atom stereocenters. The molecule has 0 spiro atoms. The van der Waals surface area contributed by atoms with Crippen molar-refractivity contribution in [3.63, 3.8) is 0 Å². The van der Waals surface area contributed by atoms with E-state index in [1.54, 1.807) is 18.5 Å². The average Bonchev–Trinajstić information content (AvgIpc) is 2.42. The van der Waals surface area contributed by atoms with E-state index in [1.807, 2.05) is 11.5 Å². The highest BCUT2D eigenvalue weighted by Crippen LogP contribution is 2.41. The van der Waals surface area contributed by atoms with E-state index in [-0.39, 0.29) is 5.78 Å². The topological polar surface area (TPSA) is 120 Å². The number of Topliss-reactive ketones (excluding diaryl/α,β-unsaturated/α-hetero) is 1. The number of hydrogen-bond donors (Lipinski definition) is 4. The third-order valence-electron chi connectivity index (χ3n) is 3.74. The molecule has 0 fully saturated rings. The number of carbonyl (C=O) groups is 1. The average molecular weight is 316 g/mol. The summed E-state index contributed by atoms with van der Waals surface area (Å²) in [4.78, 5) is 34.1. The molecule has 0 aliphatic heterocycles. The molecule has 0 aliphatic carbocycles. The van der Waals surface area contributed by atoms with Gasteiger partial charge in [-0.1, -0.05) is 6.07 Å². The minimum Gasteiger partial charge on any atom is -0.324 e. The summed E-state index contributed by atoms with van der Waals surface area (Å²) in [6.07, 6.45) is 3.65. The van der Waals surface area contributed by atoms with Gasteiger partial charge in [0.1, 0.15) is 5.54 Å². The quantitative estimate of drug-likeness (QED) is 0.419. The fourth-order valence-corrected chi connectivity index (χ4v) is 3.32. The molecule has 7 nitrogen and oxygen atoms in total. The lowest BCUT2D eigenvalue weighted by atomic mass is 9.81. The summed E-state index contributed by atoms with van der Waals surface area (Å²) in [5, 5.41) is 9.28. The monoisotopic (exact) mass is 316 g/mol. The molecule has 21 heavy (non-hydrogen) atoms. The van der Waals surface area contributed by atoms with E-state index in [2.05, 4.69) is 4.98 Å². The molecule has 0 radical (unpaired) electrons. The fourth-order valence-electron chi connectivity index (χ4n) is 2.19. The summed E-state index contributed by atoms with van der Waals surface area (Å²) in [5.41, 5.74) is 1.43. The summed E-state index contributed by atoms with van der Waals surface area (Å²) >= 11 is 0. The number of aromatic nitrogens is 1. The van der Waals surface area contributed by atoms with Crippen LogP contribution in [0.4, 0.5) is 0 Å². The molecular weight excluding hydrogens is 295 g/mol. The van der Waals surface area contributed by atoms with Crippen LogP contribution in [-0.2, 0) is 15.8 Å². The number of aryl methyl sites for hydroxylation is 1. The lowest BCUT2D eigenvalue weighted by molar-refractivity contribution is -0.129. The summed E-state index contributed by atoms with van der Waals surface area (Å²) in [6.45, 7) is 2.72. The smallest absolute Gasteiger partial charge is 0.324 e. The number of rotatable bonds is 8. The van der Waals surface area contributed by atoms with Gasteiger partial charge in [0.05, 0.1) is 6.16 Å².